The Labute approximate surface area is 90.1 Å². The minimum absolute atomic E-state index is 0.0872. The molecule has 0 aliphatic heterocycles. The predicted octanol–water partition coefficient (Wildman–Crippen LogP) is 0.652. The number of rotatable bonds is 4. The lowest BCUT2D eigenvalue weighted by molar-refractivity contribution is 0.411. The van der Waals surface area contributed by atoms with E-state index in [2.05, 4.69) is 35.3 Å². The van der Waals surface area contributed by atoms with Crippen LogP contribution < -0.4 is 10.6 Å². The summed E-state index contributed by atoms with van der Waals surface area (Å²) in [6, 6.07) is 0. The molecule has 0 bridgehead atoms. The van der Waals surface area contributed by atoms with Gasteiger partial charge in [0.15, 0.2) is 17.5 Å². The molecule has 2 heterocycles. The average molecular weight is 224 g/mol. The lowest BCUT2D eigenvalue weighted by atomic mass is 10.5. The smallest absolute Gasteiger partial charge is 0.224 e. The molecule has 84 valence electrons. The molecule has 0 amide bonds. The van der Waals surface area contributed by atoms with E-state index in [4.69, 9.17) is 0 Å². The van der Waals surface area contributed by atoms with Crippen LogP contribution in [0.15, 0.2) is 17.1 Å². The molecule has 0 aliphatic rings. The van der Waals surface area contributed by atoms with Gasteiger partial charge in [-0.05, 0) is 0 Å². The van der Waals surface area contributed by atoms with Gasteiger partial charge in [0.05, 0.1) is 12.7 Å². The zero-order valence-corrected chi connectivity index (χ0v) is 8.44. The van der Waals surface area contributed by atoms with Crippen molar-refractivity contribution in [1.82, 2.24) is 20.1 Å². The molecule has 2 aromatic rings. The van der Waals surface area contributed by atoms with E-state index >= 15 is 0 Å². The van der Waals surface area contributed by atoms with Gasteiger partial charge in [-0.3, -0.25) is 0 Å². The molecule has 0 unspecified atom stereocenters. The minimum atomic E-state index is -0.539. The number of hydrogen-bond donors (Lipinski definition) is 2. The number of aromatic nitrogens is 4. The highest BCUT2D eigenvalue weighted by Crippen LogP contribution is 2.11. The van der Waals surface area contributed by atoms with Crippen molar-refractivity contribution in [1.29, 1.82) is 0 Å². The maximum Gasteiger partial charge on any atom is 0.224 e. The van der Waals surface area contributed by atoms with Crippen molar-refractivity contribution in [2.24, 2.45) is 0 Å². The van der Waals surface area contributed by atoms with Crippen molar-refractivity contribution in [3.63, 3.8) is 0 Å². The molecule has 7 nitrogen and oxygen atoms in total. The van der Waals surface area contributed by atoms with E-state index in [1.54, 1.807) is 7.05 Å². The second-order valence-corrected chi connectivity index (χ2v) is 2.84. The van der Waals surface area contributed by atoms with Gasteiger partial charge in [-0.25, -0.2) is 9.37 Å². The van der Waals surface area contributed by atoms with Gasteiger partial charge >= 0.3 is 0 Å². The van der Waals surface area contributed by atoms with Crippen molar-refractivity contribution in [3.05, 3.63) is 24.2 Å². The highest BCUT2D eigenvalue weighted by atomic mass is 19.1. The van der Waals surface area contributed by atoms with Gasteiger partial charge in [-0.2, -0.15) is 9.97 Å². The molecule has 2 N–H and O–H groups in total. The zero-order valence-electron chi connectivity index (χ0n) is 8.44. The largest absolute Gasteiger partial charge is 0.360 e. The van der Waals surface area contributed by atoms with E-state index in [9.17, 15) is 4.39 Å². The molecule has 0 saturated heterocycles. The lowest BCUT2D eigenvalue weighted by Crippen LogP contribution is -2.07. The van der Waals surface area contributed by atoms with E-state index in [0.717, 1.165) is 6.20 Å². The summed E-state index contributed by atoms with van der Waals surface area (Å²) in [4.78, 5) is 11.4. The summed E-state index contributed by atoms with van der Waals surface area (Å²) < 4.78 is 17.8. The average Bonchev–Trinajstić information content (AvgIpc) is 2.81. The third-order valence-corrected chi connectivity index (χ3v) is 1.79. The van der Waals surface area contributed by atoms with Gasteiger partial charge in [-0.1, -0.05) is 5.16 Å². The highest BCUT2D eigenvalue weighted by Gasteiger charge is 2.06. The van der Waals surface area contributed by atoms with Gasteiger partial charge in [0.1, 0.15) is 0 Å². The van der Waals surface area contributed by atoms with E-state index in [1.807, 2.05) is 0 Å². The molecule has 0 radical (unpaired) electrons. The maximum atomic E-state index is 13.3. The van der Waals surface area contributed by atoms with Gasteiger partial charge < -0.3 is 15.2 Å². The Morgan fingerprint density at radius 2 is 2.31 bits per heavy atom. The van der Waals surface area contributed by atoms with E-state index in [-0.39, 0.29) is 12.4 Å². The van der Waals surface area contributed by atoms with Crippen LogP contribution in [-0.4, -0.2) is 27.2 Å². The van der Waals surface area contributed by atoms with Crippen molar-refractivity contribution in [2.75, 3.05) is 17.7 Å². The van der Waals surface area contributed by atoms with Crippen molar-refractivity contribution in [3.8, 4) is 0 Å². The molecule has 8 heteroatoms. The van der Waals surface area contributed by atoms with Crippen LogP contribution in [0, 0.1) is 5.82 Å². The molecule has 0 fully saturated rings. The maximum absolute atomic E-state index is 13.3. The first-order valence-electron chi connectivity index (χ1n) is 4.49. The number of hydrogen-bond acceptors (Lipinski definition) is 7. The molecule has 0 spiro atoms. The van der Waals surface area contributed by atoms with Crippen LogP contribution >= 0.6 is 0 Å². The standard InChI is InChI=1S/C8H9FN6O/c1-10-8-12-2-5(9)7(14-8)11-3-6-13-4-16-15-6/h2,4H,3H2,1H3,(H2,10,11,12,14). The molecule has 2 rings (SSSR count). The number of anilines is 2. The Morgan fingerprint density at radius 3 is 3.00 bits per heavy atom. The summed E-state index contributed by atoms with van der Waals surface area (Å²) in [5.41, 5.74) is 0. The highest BCUT2D eigenvalue weighted by molar-refractivity contribution is 5.40. The first-order valence-corrected chi connectivity index (χ1v) is 4.49. The molecule has 2 aromatic heterocycles. The molecule has 0 aliphatic carbocycles. The Bertz CT molecular complexity index is 460. The summed E-state index contributed by atoms with van der Waals surface area (Å²) in [7, 11) is 1.65. The monoisotopic (exact) mass is 224 g/mol. The van der Waals surface area contributed by atoms with Crippen LogP contribution in [0.25, 0.3) is 0 Å². The van der Waals surface area contributed by atoms with Gasteiger partial charge in [-0.15, -0.1) is 0 Å². The quantitative estimate of drug-likeness (QED) is 0.788. The molecule has 0 atom stereocenters. The van der Waals surface area contributed by atoms with E-state index in [0.29, 0.717) is 11.8 Å². The van der Waals surface area contributed by atoms with E-state index < -0.39 is 5.82 Å². The minimum Gasteiger partial charge on any atom is -0.360 e. The van der Waals surface area contributed by atoms with Crippen LogP contribution in [0.1, 0.15) is 5.82 Å². The van der Waals surface area contributed by atoms with E-state index in [1.165, 1.54) is 6.39 Å². The number of halogens is 1. The number of nitrogens with one attached hydrogen (secondary N) is 2. The number of nitrogens with zero attached hydrogens (tertiary/aromatic N) is 4. The van der Waals surface area contributed by atoms with Crippen LogP contribution in [0.4, 0.5) is 16.2 Å². The van der Waals surface area contributed by atoms with Crippen molar-refractivity contribution < 1.29 is 8.91 Å². The molecular formula is C8H9FN6O. The second kappa shape index (κ2) is 4.51. The van der Waals surface area contributed by atoms with Crippen LogP contribution in [-0.2, 0) is 6.54 Å². The Kier molecular flexibility index (Phi) is 2.90. The summed E-state index contributed by atoms with van der Waals surface area (Å²) >= 11 is 0. The third-order valence-electron chi connectivity index (χ3n) is 1.79. The Balaban J connectivity index is 2.08. The Hall–Kier alpha value is -2.25. The summed E-state index contributed by atoms with van der Waals surface area (Å²) in [5, 5.41) is 9.02. The van der Waals surface area contributed by atoms with Crippen molar-refractivity contribution in [2.45, 2.75) is 6.54 Å². The topological polar surface area (TPSA) is 88.8 Å². The zero-order chi connectivity index (χ0) is 11.4. The summed E-state index contributed by atoms with van der Waals surface area (Å²) in [6.45, 7) is 0.230. The van der Waals surface area contributed by atoms with Gasteiger partial charge in [0.25, 0.3) is 0 Å². The summed E-state index contributed by atoms with van der Waals surface area (Å²) in [5.74, 6) is 0.299. The van der Waals surface area contributed by atoms with Crippen LogP contribution in [0.5, 0.6) is 0 Å². The fourth-order valence-electron chi connectivity index (χ4n) is 1.04. The van der Waals surface area contributed by atoms with Gasteiger partial charge in [0, 0.05) is 7.05 Å². The van der Waals surface area contributed by atoms with Crippen LogP contribution in [0.3, 0.4) is 0 Å². The normalized spacial score (nSPS) is 10.1. The first kappa shape index (κ1) is 10.3. The Morgan fingerprint density at radius 1 is 1.44 bits per heavy atom. The fourth-order valence-corrected chi connectivity index (χ4v) is 1.04. The predicted molar refractivity (Wildman–Crippen MR) is 53.2 cm³/mol. The summed E-state index contributed by atoms with van der Waals surface area (Å²) in [6.07, 6.45) is 2.28. The fraction of sp³-hybridized carbons (Fsp3) is 0.250. The van der Waals surface area contributed by atoms with Gasteiger partial charge in [0.2, 0.25) is 12.3 Å². The van der Waals surface area contributed by atoms with Crippen molar-refractivity contribution >= 4 is 11.8 Å². The van der Waals surface area contributed by atoms with Crippen LogP contribution in [0.2, 0.25) is 0 Å². The molecule has 16 heavy (non-hydrogen) atoms. The first-order chi connectivity index (χ1) is 7.79. The molecule has 0 aromatic carbocycles. The second-order valence-electron chi connectivity index (χ2n) is 2.84. The SMILES string of the molecule is CNc1ncc(F)c(NCc2ncon2)n1. The molecular weight excluding hydrogens is 215 g/mol. The lowest BCUT2D eigenvalue weighted by Gasteiger charge is -2.05. The molecule has 0 saturated carbocycles. The third kappa shape index (κ3) is 2.22.